The molecule has 1 aliphatic rings. The third-order valence-electron chi connectivity index (χ3n) is 4.14. The number of nitrogens with zero attached hydrogens (tertiary/aromatic N) is 1. The van der Waals surface area contributed by atoms with Crippen LogP contribution in [0, 0.1) is 6.92 Å². The summed E-state index contributed by atoms with van der Waals surface area (Å²) in [6, 6.07) is 9.81. The van der Waals surface area contributed by atoms with Gasteiger partial charge in [0.25, 0.3) is 0 Å². The van der Waals surface area contributed by atoms with E-state index in [1.807, 2.05) is 49.5 Å². The van der Waals surface area contributed by atoms with Crippen LogP contribution < -0.4 is 10.6 Å². The van der Waals surface area contributed by atoms with Crippen LogP contribution in [0.2, 0.25) is 0 Å². The lowest BCUT2D eigenvalue weighted by molar-refractivity contribution is -0.116. The first-order valence-electron chi connectivity index (χ1n) is 7.92. The monoisotopic (exact) mass is 307 g/mol. The molecule has 2 aromatic rings. The smallest absolute Gasteiger partial charge is 0.244 e. The molecule has 4 nitrogen and oxygen atoms in total. The summed E-state index contributed by atoms with van der Waals surface area (Å²) in [5.41, 5.74) is 5.75. The number of aromatic nitrogens is 1. The Bertz CT molecular complexity index is 723. The number of benzene rings is 1. The molecule has 1 aromatic carbocycles. The van der Waals surface area contributed by atoms with Crippen LogP contribution in [-0.2, 0) is 24.3 Å². The van der Waals surface area contributed by atoms with Gasteiger partial charge >= 0.3 is 0 Å². The Balaban J connectivity index is 1.66. The summed E-state index contributed by atoms with van der Waals surface area (Å²) >= 11 is 0. The molecule has 2 N–H and O–H groups in total. The molecule has 3 rings (SSSR count). The van der Waals surface area contributed by atoms with Gasteiger partial charge in [0.05, 0.1) is 0 Å². The fraction of sp³-hybridized carbons (Fsp3) is 0.263. The van der Waals surface area contributed by atoms with Crippen LogP contribution in [0.5, 0.6) is 0 Å². The molecule has 1 aliphatic heterocycles. The Morgan fingerprint density at radius 1 is 1.35 bits per heavy atom. The normalized spacial score (nSPS) is 13.8. The lowest BCUT2D eigenvalue weighted by Crippen LogP contribution is -2.28. The van der Waals surface area contributed by atoms with Crippen molar-refractivity contribution in [2.24, 2.45) is 0 Å². The third-order valence-corrected chi connectivity index (χ3v) is 4.14. The number of nitrogens with one attached hydrogen (secondary N) is 2. The average molecular weight is 307 g/mol. The fourth-order valence-corrected chi connectivity index (χ4v) is 2.85. The Morgan fingerprint density at radius 3 is 3.00 bits per heavy atom. The molecule has 0 saturated carbocycles. The second-order valence-corrected chi connectivity index (χ2v) is 5.71. The number of hydrogen-bond donors (Lipinski definition) is 2. The van der Waals surface area contributed by atoms with Crippen LogP contribution in [0.4, 0.5) is 0 Å². The van der Waals surface area contributed by atoms with Gasteiger partial charge in [-0.25, -0.2) is 0 Å². The van der Waals surface area contributed by atoms with Crippen LogP contribution >= 0.6 is 0 Å². The van der Waals surface area contributed by atoms with E-state index in [-0.39, 0.29) is 5.91 Å². The van der Waals surface area contributed by atoms with Crippen LogP contribution in [0.3, 0.4) is 0 Å². The maximum Gasteiger partial charge on any atom is 0.244 e. The van der Waals surface area contributed by atoms with Gasteiger partial charge in [-0.05, 0) is 48.2 Å². The van der Waals surface area contributed by atoms with E-state index in [0.717, 1.165) is 36.3 Å². The number of hydrogen-bond acceptors (Lipinski definition) is 3. The number of aryl methyl sites for hydroxylation is 1. The van der Waals surface area contributed by atoms with Gasteiger partial charge in [-0.1, -0.05) is 30.3 Å². The quantitative estimate of drug-likeness (QED) is 0.853. The number of pyridine rings is 1. The summed E-state index contributed by atoms with van der Waals surface area (Å²) in [5, 5.41) is 6.33. The van der Waals surface area contributed by atoms with E-state index in [1.165, 1.54) is 11.1 Å². The van der Waals surface area contributed by atoms with Gasteiger partial charge < -0.3 is 10.6 Å². The minimum absolute atomic E-state index is 0.0835. The molecule has 0 aliphatic carbocycles. The van der Waals surface area contributed by atoms with E-state index in [0.29, 0.717) is 6.54 Å². The van der Waals surface area contributed by atoms with Crippen molar-refractivity contribution >= 4 is 12.0 Å². The minimum atomic E-state index is -0.0835. The second-order valence-electron chi connectivity index (χ2n) is 5.71. The van der Waals surface area contributed by atoms with Gasteiger partial charge in [0, 0.05) is 31.1 Å². The van der Waals surface area contributed by atoms with Gasteiger partial charge in [0.15, 0.2) is 0 Å². The average Bonchev–Trinajstić information content (AvgIpc) is 2.60. The number of carbonyl (C=O) groups is 1. The molecule has 4 heteroatoms. The molecule has 0 spiro atoms. The van der Waals surface area contributed by atoms with E-state index in [4.69, 9.17) is 0 Å². The fourth-order valence-electron chi connectivity index (χ4n) is 2.85. The highest BCUT2D eigenvalue weighted by molar-refractivity contribution is 5.91. The minimum Gasteiger partial charge on any atom is -0.348 e. The van der Waals surface area contributed by atoms with Gasteiger partial charge in [0.1, 0.15) is 0 Å². The third kappa shape index (κ3) is 3.85. The van der Waals surface area contributed by atoms with Gasteiger partial charge in [-0.2, -0.15) is 0 Å². The van der Waals surface area contributed by atoms with E-state index in [1.54, 1.807) is 6.08 Å². The molecule has 0 fully saturated rings. The van der Waals surface area contributed by atoms with Gasteiger partial charge in [0.2, 0.25) is 5.91 Å². The van der Waals surface area contributed by atoms with E-state index < -0.39 is 0 Å². The van der Waals surface area contributed by atoms with Gasteiger partial charge in [-0.15, -0.1) is 0 Å². The Labute approximate surface area is 136 Å². The molecule has 1 amide bonds. The number of rotatable bonds is 4. The predicted molar refractivity (Wildman–Crippen MR) is 91.7 cm³/mol. The SMILES string of the molecule is Cc1ncc2c(c1CNC(=O)/C=C/c1ccccc1)CCNC2. The van der Waals surface area contributed by atoms with Crippen molar-refractivity contribution in [2.75, 3.05) is 6.54 Å². The summed E-state index contributed by atoms with van der Waals surface area (Å²) in [4.78, 5) is 16.5. The second kappa shape index (κ2) is 7.20. The zero-order valence-corrected chi connectivity index (χ0v) is 13.3. The summed E-state index contributed by atoms with van der Waals surface area (Å²) in [7, 11) is 0. The Morgan fingerprint density at radius 2 is 2.17 bits per heavy atom. The highest BCUT2D eigenvalue weighted by atomic mass is 16.1. The molecule has 0 saturated heterocycles. The molecule has 1 aromatic heterocycles. The molecule has 2 heterocycles. The largest absolute Gasteiger partial charge is 0.348 e. The zero-order valence-electron chi connectivity index (χ0n) is 13.3. The number of carbonyl (C=O) groups excluding carboxylic acids is 1. The van der Waals surface area contributed by atoms with E-state index >= 15 is 0 Å². The first-order valence-corrected chi connectivity index (χ1v) is 7.92. The van der Waals surface area contributed by atoms with E-state index in [2.05, 4.69) is 15.6 Å². The van der Waals surface area contributed by atoms with Crippen LogP contribution in [-0.4, -0.2) is 17.4 Å². The maximum absolute atomic E-state index is 12.0. The van der Waals surface area contributed by atoms with Crippen molar-refractivity contribution in [2.45, 2.75) is 26.4 Å². The van der Waals surface area contributed by atoms with Crippen molar-refractivity contribution < 1.29 is 4.79 Å². The molecule has 0 unspecified atom stereocenters. The van der Waals surface area contributed by atoms with Crippen molar-refractivity contribution in [3.63, 3.8) is 0 Å². The zero-order chi connectivity index (χ0) is 16.1. The topological polar surface area (TPSA) is 54.0 Å². The summed E-state index contributed by atoms with van der Waals surface area (Å²) in [5.74, 6) is -0.0835. The first-order chi connectivity index (χ1) is 11.2. The van der Waals surface area contributed by atoms with Crippen LogP contribution in [0.1, 0.15) is 27.9 Å². The molecule has 23 heavy (non-hydrogen) atoms. The van der Waals surface area contributed by atoms with Crippen molar-refractivity contribution in [1.29, 1.82) is 0 Å². The lowest BCUT2D eigenvalue weighted by atomic mass is 9.96. The van der Waals surface area contributed by atoms with Crippen molar-refractivity contribution in [1.82, 2.24) is 15.6 Å². The van der Waals surface area contributed by atoms with Crippen molar-refractivity contribution in [3.8, 4) is 0 Å². The van der Waals surface area contributed by atoms with Crippen molar-refractivity contribution in [3.05, 3.63) is 70.6 Å². The molecule has 0 radical (unpaired) electrons. The summed E-state index contributed by atoms with van der Waals surface area (Å²) in [6.45, 7) is 4.37. The predicted octanol–water partition coefficient (Wildman–Crippen LogP) is 2.37. The molecular formula is C19H21N3O. The molecule has 0 bridgehead atoms. The highest BCUT2D eigenvalue weighted by Gasteiger charge is 2.15. The summed E-state index contributed by atoms with van der Waals surface area (Å²) < 4.78 is 0. The number of fused-ring (bicyclic) bond motifs is 1. The molecular weight excluding hydrogens is 286 g/mol. The van der Waals surface area contributed by atoms with Gasteiger partial charge in [-0.3, -0.25) is 9.78 Å². The maximum atomic E-state index is 12.0. The Hall–Kier alpha value is -2.46. The standard InChI is InChI=1S/C19H21N3O/c1-14-18(17-9-10-20-11-16(17)12-21-14)13-22-19(23)8-7-15-5-3-2-4-6-15/h2-8,12,20H,9-11,13H2,1H3,(H,22,23)/b8-7+. The van der Waals surface area contributed by atoms with E-state index in [9.17, 15) is 4.79 Å². The van der Waals surface area contributed by atoms with Crippen LogP contribution in [0.15, 0.2) is 42.6 Å². The number of amides is 1. The highest BCUT2D eigenvalue weighted by Crippen LogP contribution is 2.20. The lowest BCUT2D eigenvalue weighted by Gasteiger charge is -2.21. The Kier molecular flexibility index (Phi) is 4.83. The summed E-state index contributed by atoms with van der Waals surface area (Å²) in [6.07, 6.45) is 6.33. The van der Waals surface area contributed by atoms with Crippen LogP contribution in [0.25, 0.3) is 6.08 Å². The molecule has 0 atom stereocenters. The first kappa shape index (κ1) is 15.4. The molecule has 118 valence electrons.